The highest BCUT2D eigenvalue weighted by Gasteiger charge is 2.29. The first-order chi connectivity index (χ1) is 11.5. The summed E-state index contributed by atoms with van der Waals surface area (Å²) >= 11 is 5.83. The van der Waals surface area contributed by atoms with Gasteiger partial charge in [-0.25, -0.2) is 4.79 Å². The third-order valence-electron chi connectivity index (χ3n) is 3.88. The smallest absolute Gasteiger partial charge is 0.329 e. The van der Waals surface area contributed by atoms with Gasteiger partial charge in [0.1, 0.15) is 12.4 Å². The zero-order valence-electron chi connectivity index (χ0n) is 12.7. The number of aromatic nitrogens is 4. The summed E-state index contributed by atoms with van der Waals surface area (Å²) in [6.45, 7) is 0.719. The lowest BCUT2D eigenvalue weighted by atomic mass is 10.3. The maximum absolute atomic E-state index is 12.1. The summed E-state index contributed by atoms with van der Waals surface area (Å²) in [5.41, 5.74) is -0.362. The van der Waals surface area contributed by atoms with Gasteiger partial charge in [0.25, 0.3) is 11.6 Å². The topological polar surface area (TPSA) is 91.1 Å². The molecule has 1 aliphatic rings. The van der Waals surface area contributed by atoms with Crippen molar-refractivity contribution in [1.29, 1.82) is 0 Å². The molecule has 3 aromatic rings. The van der Waals surface area contributed by atoms with Gasteiger partial charge < -0.3 is 9.47 Å². The van der Waals surface area contributed by atoms with Crippen molar-refractivity contribution in [3.8, 4) is 11.8 Å². The fraction of sp³-hybridized carbons (Fsp3) is 0.267. The molecule has 0 aliphatic carbocycles. The fourth-order valence-corrected chi connectivity index (χ4v) is 2.80. The van der Waals surface area contributed by atoms with Gasteiger partial charge >= 0.3 is 5.69 Å². The molecule has 9 heteroatoms. The minimum Gasteiger partial charge on any atom is -0.490 e. The van der Waals surface area contributed by atoms with Crippen LogP contribution in [0.4, 0.5) is 0 Å². The van der Waals surface area contributed by atoms with Crippen molar-refractivity contribution in [2.24, 2.45) is 7.05 Å². The Labute approximate surface area is 140 Å². The number of hydrogen-bond donors (Lipinski definition) is 1. The van der Waals surface area contributed by atoms with Crippen LogP contribution in [0.2, 0.25) is 5.02 Å². The molecule has 0 radical (unpaired) electrons. The number of aromatic amines is 1. The molecule has 2 aromatic heterocycles. The second-order valence-electron chi connectivity index (χ2n) is 5.50. The highest BCUT2D eigenvalue weighted by molar-refractivity contribution is 6.30. The summed E-state index contributed by atoms with van der Waals surface area (Å²) in [5.74, 6) is 0.678. The molecule has 3 heterocycles. The van der Waals surface area contributed by atoms with E-state index < -0.39 is 11.2 Å². The summed E-state index contributed by atoms with van der Waals surface area (Å²) in [6.07, 6.45) is -0.274. The SMILES string of the molecule is Cn1c(=O)[nH]c(=O)c2c1nc1n2C[C@H](COc2ccc(Cl)cc2)O1. The minimum absolute atomic E-state index is 0.274. The van der Waals surface area contributed by atoms with E-state index in [-0.39, 0.29) is 6.10 Å². The molecule has 0 bridgehead atoms. The number of fused-ring (bicyclic) bond motifs is 3. The second-order valence-corrected chi connectivity index (χ2v) is 5.94. The molecule has 0 saturated heterocycles. The van der Waals surface area contributed by atoms with Gasteiger partial charge in [-0.3, -0.25) is 18.9 Å². The zero-order valence-corrected chi connectivity index (χ0v) is 13.4. The Kier molecular flexibility index (Phi) is 3.34. The van der Waals surface area contributed by atoms with Gasteiger partial charge in [0, 0.05) is 12.1 Å². The van der Waals surface area contributed by atoms with E-state index in [1.165, 1.54) is 4.57 Å². The van der Waals surface area contributed by atoms with Crippen LogP contribution in [-0.2, 0) is 13.6 Å². The molecule has 124 valence electrons. The van der Waals surface area contributed by atoms with Gasteiger partial charge in [-0.05, 0) is 24.3 Å². The van der Waals surface area contributed by atoms with Gasteiger partial charge in [0.15, 0.2) is 17.3 Å². The number of ether oxygens (including phenoxy) is 2. The lowest BCUT2D eigenvalue weighted by molar-refractivity contribution is 0.144. The predicted octanol–water partition coefficient (Wildman–Crippen LogP) is 0.917. The molecule has 8 nitrogen and oxygen atoms in total. The Morgan fingerprint density at radius 1 is 1.38 bits per heavy atom. The number of rotatable bonds is 3. The monoisotopic (exact) mass is 348 g/mol. The number of benzene rings is 1. The van der Waals surface area contributed by atoms with Crippen LogP contribution in [0.3, 0.4) is 0 Å². The van der Waals surface area contributed by atoms with Crippen LogP contribution in [0, 0.1) is 0 Å². The quantitative estimate of drug-likeness (QED) is 0.760. The third kappa shape index (κ3) is 2.35. The van der Waals surface area contributed by atoms with E-state index in [0.717, 1.165) is 0 Å². The van der Waals surface area contributed by atoms with Gasteiger partial charge in [-0.2, -0.15) is 4.98 Å². The molecule has 1 aliphatic heterocycles. The molecule has 0 unspecified atom stereocenters. The first kappa shape index (κ1) is 14.8. The van der Waals surface area contributed by atoms with Crippen LogP contribution in [0.5, 0.6) is 11.8 Å². The first-order valence-corrected chi connectivity index (χ1v) is 7.65. The Hall–Kier alpha value is -2.74. The van der Waals surface area contributed by atoms with Gasteiger partial charge in [0.2, 0.25) is 0 Å². The summed E-state index contributed by atoms with van der Waals surface area (Å²) in [7, 11) is 1.55. The highest BCUT2D eigenvalue weighted by Crippen LogP contribution is 2.25. The fourth-order valence-electron chi connectivity index (χ4n) is 2.67. The summed E-state index contributed by atoms with van der Waals surface area (Å²) in [6, 6.07) is 7.33. The van der Waals surface area contributed by atoms with Crippen molar-refractivity contribution in [2.75, 3.05) is 6.61 Å². The Bertz CT molecular complexity index is 1030. The molecule has 24 heavy (non-hydrogen) atoms. The Morgan fingerprint density at radius 2 is 2.12 bits per heavy atom. The molecular weight excluding hydrogens is 336 g/mol. The lowest BCUT2D eigenvalue weighted by Crippen LogP contribution is -2.30. The van der Waals surface area contributed by atoms with Gasteiger partial charge in [-0.15, -0.1) is 0 Å². The van der Waals surface area contributed by atoms with E-state index in [2.05, 4.69) is 9.97 Å². The van der Waals surface area contributed by atoms with Crippen molar-refractivity contribution in [2.45, 2.75) is 12.6 Å². The van der Waals surface area contributed by atoms with E-state index in [1.54, 1.807) is 35.9 Å². The molecule has 0 spiro atoms. The predicted molar refractivity (Wildman–Crippen MR) is 87.0 cm³/mol. The lowest BCUT2D eigenvalue weighted by Gasteiger charge is -2.11. The second kappa shape index (κ2) is 5.41. The number of halogens is 1. The maximum Gasteiger partial charge on any atom is 0.329 e. The largest absolute Gasteiger partial charge is 0.490 e. The van der Waals surface area contributed by atoms with Crippen LogP contribution in [-0.4, -0.2) is 31.8 Å². The van der Waals surface area contributed by atoms with Crippen LogP contribution in [0.15, 0.2) is 33.9 Å². The van der Waals surface area contributed by atoms with E-state index in [4.69, 9.17) is 21.1 Å². The molecule has 1 aromatic carbocycles. The number of nitrogens with one attached hydrogen (secondary N) is 1. The van der Waals surface area contributed by atoms with E-state index >= 15 is 0 Å². The summed E-state index contributed by atoms with van der Waals surface area (Å²) in [5, 5.41) is 0.635. The first-order valence-electron chi connectivity index (χ1n) is 7.27. The number of nitrogens with zero attached hydrogens (tertiary/aromatic N) is 3. The number of imidazole rings is 1. The van der Waals surface area contributed by atoms with Crippen molar-refractivity contribution in [3.63, 3.8) is 0 Å². The van der Waals surface area contributed by atoms with Crippen LogP contribution < -0.4 is 20.7 Å². The molecule has 0 saturated carbocycles. The molecule has 1 atom stereocenters. The summed E-state index contributed by atoms with van der Waals surface area (Å²) < 4.78 is 14.3. The van der Waals surface area contributed by atoms with Crippen molar-refractivity contribution in [3.05, 3.63) is 50.1 Å². The van der Waals surface area contributed by atoms with Crippen LogP contribution in [0.25, 0.3) is 11.2 Å². The van der Waals surface area contributed by atoms with Crippen molar-refractivity contribution < 1.29 is 9.47 Å². The van der Waals surface area contributed by atoms with E-state index in [1.807, 2.05) is 0 Å². The molecular formula is C15H13ClN4O4. The van der Waals surface area contributed by atoms with Crippen LogP contribution >= 0.6 is 11.6 Å². The molecule has 1 N–H and O–H groups in total. The van der Waals surface area contributed by atoms with E-state index in [9.17, 15) is 9.59 Å². The van der Waals surface area contributed by atoms with E-state index in [0.29, 0.717) is 41.1 Å². The number of H-pyrrole nitrogens is 1. The zero-order chi connectivity index (χ0) is 16.8. The summed E-state index contributed by atoms with van der Waals surface area (Å²) in [4.78, 5) is 30.2. The molecule has 4 rings (SSSR count). The minimum atomic E-state index is -0.508. The van der Waals surface area contributed by atoms with Gasteiger partial charge in [-0.1, -0.05) is 11.6 Å². The standard InChI is InChI=1S/C15H13ClN4O4/c1-19-12-11(13(21)18-14(19)22)20-6-10(24-15(20)17-12)7-23-9-4-2-8(16)3-5-9/h2-5,10H,6-7H2,1H3,(H,18,21,22)/t10-/m1/s1. The third-order valence-corrected chi connectivity index (χ3v) is 4.13. The van der Waals surface area contributed by atoms with Crippen molar-refractivity contribution in [1.82, 2.24) is 19.1 Å². The Morgan fingerprint density at radius 3 is 2.88 bits per heavy atom. The Balaban J connectivity index is 1.56. The van der Waals surface area contributed by atoms with Crippen molar-refractivity contribution >= 4 is 22.8 Å². The van der Waals surface area contributed by atoms with Gasteiger partial charge in [0.05, 0.1) is 6.54 Å². The number of aryl methyl sites for hydroxylation is 1. The molecule has 0 amide bonds. The van der Waals surface area contributed by atoms with Crippen LogP contribution in [0.1, 0.15) is 0 Å². The highest BCUT2D eigenvalue weighted by atomic mass is 35.5. The average Bonchev–Trinajstić information content (AvgIpc) is 3.09. The number of hydrogen-bond acceptors (Lipinski definition) is 5. The molecule has 0 fully saturated rings. The normalized spacial score (nSPS) is 16.2. The maximum atomic E-state index is 12.1. The average molecular weight is 349 g/mol.